The molecule has 0 bridgehead atoms. The molecule has 1 aliphatic heterocycles. The van der Waals surface area contributed by atoms with Gasteiger partial charge in [-0.3, -0.25) is 15.1 Å². The van der Waals surface area contributed by atoms with Crippen molar-refractivity contribution < 1.29 is 4.79 Å². The van der Waals surface area contributed by atoms with Crippen LogP contribution in [-0.4, -0.2) is 48.4 Å². The van der Waals surface area contributed by atoms with Gasteiger partial charge in [0.25, 0.3) is 5.91 Å². The van der Waals surface area contributed by atoms with E-state index in [4.69, 9.17) is 5.84 Å². The number of hydrazine groups is 1. The minimum atomic E-state index is -0.287. The first-order valence-corrected chi connectivity index (χ1v) is 6.78. The summed E-state index contributed by atoms with van der Waals surface area (Å²) in [7, 11) is 0. The number of carbonyl (C=O) groups excluding carboxylic acids is 1. The predicted octanol–water partition coefficient (Wildman–Crippen LogP) is 0.355. The molecule has 5 heteroatoms. The summed E-state index contributed by atoms with van der Waals surface area (Å²) in [4.78, 5) is 16.7. The predicted molar refractivity (Wildman–Crippen MR) is 75.2 cm³/mol. The quantitative estimate of drug-likeness (QED) is 0.467. The summed E-state index contributed by atoms with van der Waals surface area (Å²) in [6.07, 6.45) is 0. The highest BCUT2D eigenvalue weighted by Crippen LogP contribution is 2.22. The van der Waals surface area contributed by atoms with Gasteiger partial charge in [0.15, 0.2) is 0 Å². The zero-order valence-corrected chi connectivity index (χ0v) is 11.4. The molecule has 1 saturated heterocycles. The number of likely N-dealkylation sites (N-methyl/N-ethyl adjacent to an activating group) is 1. The molecule has 1 fully saturated rings. The van der Waals surface area contributed by atoms with Crippen molar-refractivity contribution in [3.63, 3.8) is 0 Å². The van der Waals surface area contributed by atoms with Crippen LogP contribution in [-0.2, 0) is 4.79 Å². The highest BCUT2D eigenvalue weighted by Gasteiger charge is 2.29. The molecule has 0 radical (unpaired) electrons. The Morgan fingerprint density at radius 2 is 1.89 bits per heavy atom. The second-order valence-corrected chi connectivity index (χ2v) is 4.79. The van der Waals surface area contributed by atoms with Crippen LogP contribution in [0.25, 0.3) is 0 Å². The molecule has 5 nitrogen and oxygen atoms in total. The Morgan fingerprint density at radius 3 is 2.42 bits per heavy atom. The van der Waals surface area contributed by atoms with Gasteiger partial charge in [0, 0.05) is 26.2 Å². The molecule has 19 heavy (non-hydrogen) atoms. The van der Waals surface area contributed by atoms with Gasteiger partial charge in [0.2, 0.25) is 0 Å². The van der Waals surface area contributed by atoms with Crippen molar-refractivity contribution in [1.29, 1.82) is 0 Å². The number of carbonyl (C=O) groups is 1. The largest absolute Gasteiger partial charge is 0.301 e. The number of rotatable bonds is 4. The molecule has 0 saturated carbocycles. The van der Waals surface area contributed by atoms with Gasteiger partial charge in [-0.25, -0.2) is 5.84 Å². The molecule has 1 aromatic carbocycles. The zero-order valence-electron chi connectivity index (χ0n) is 11.4. The lowest BCUT2D eigenvalue weighted by Gasteiger charge is -2.38. The fourth-order valence-electron chi connectivity index (χ4n) is 2.58. The van der Waals surface area contributed by atoms with Crippen molar-refractivity contribution in [3.8, 4) is 0 Å². The zero-order chi connectivity index (χ0) is 13.7. The standard InChI is InChI=1S/C14H22N4O/c1-2-17-8-10-18(11-9-17)13(14(19)16-15)12-6-4-3-5-7-12/h3-7,13H,2,8-11,15H2,1H3,(H,16,19). The lowest BCUT2D eigenvalue weighted by atomic mass is 10.0. The van der Waals surface area contributed by atoms with E-state index in [9.17, 15) is 4.79 Å². The summed E-state index contributed by atoms with van der Waals surface area (Å²) < 4.78 is 0. The number of hydrogen-bond donors (Lipinski definition) is 2. The monoisotopic (exact) mass is 262 g/mol. The van der Waals surface area contributed by atoms with Crippen LogP contribution in [0.2, 0.25) is 0 Å². The summed E-state index contributed by atoms with van der Waals surface area (Å²) in [6, 6.07) is 9.53. The number of nitrogens with zero attached hydrogens (tertiary/aromatic N) is 2. The molecular formula is C14H22N4O. The van der Waals surface area contributed by atoms with E-state index in [1.54, 1.807) is 0 Å². The Labute approximate surface area is 114 Å². The van der Waals surface area contributed by atoms with Gasteiger partial charge in [0.1, 0.15) is 6.04 Å². The van der Waals surface area contributed by atoms with Gasteiger partial charge >= 0.3 is 0 Å². The summed E-state index contributed by atoms with van der Waals surface area (Å²) in [5, 5.41) is 0. The van der Waals surface area contributed by atoms with Gasteiger partial charge < -0.3 is 4.90 Å². The highest BCUT2D eigenvalue weighted by molar-refractivity contribution is 5.82. The van der Waals surface area contributed by atoms with Crippen LogP contribution in [0.5, 0.6) is 0 Å². The van der Waals surface area contributed by atoms with E-state index in [0.717, 1.165) is 38.3 Å². The maximum Gasteiger partial charge on any atom is 0.255 e. The molecule has 1 unspecified atom stereocenters. The summed E-state index contributed by atoms with van der Waals surface area (Å²) in [6.45, 7) is 7.00. The third-order valence-corrected chi connectivity index (χ3v) is 3.73. The van der Waals surface area contributed by atoms with Gasteiger partial charge in [-0.05, 0) is 12.1 Å². The van der Waals surface area contributed by atoms with Crippen molar-refractivity contribution in [2.24, 2.45) is 5.84 Å². The van der Waals surface area contributed by atoms with Crippen molar-refractivity contribution >= 4 is 5.91 Å². The van der Waals surface area contributed by atoms with E-state index in [1.807, 2.05) is 30.3 Å². The van der Waals surface area contributed by atoms with E-state index in [2.05, 4.69) is 22.1 Å². The molecule has 2 rings (SSSR count). The van der Waals surface area contributed by atoms with Crippen LogP contribution in [0.3, 0.4) is 0 Å². The van der Waals surface area contributed by atoms with Crippen LogP contribution >= 0.6 is 0 Å². The number of nitrogens with one attached hydrogen (secondary N) is 1. The van der Waals surface area contributed by atoms with Crippen molar-refractivity contribution in [1.82, 2.24) is 15.2 Å². The molecule has 1 amide bonds. The Hall–Kier alpha value is -1.43. The van der Waals surface area contributed by atoms with Crippen LogP contribution in [0.15, 0.2) is 30.3 Å². The molecule has 1 aromatic rings. The lowest BCUT2D eigenvalue weighted by molar-refractivity contribution is -0.127. The average molecular weight is 262 g/mol. The van der Waals surface area contributed by atoms with Crippen molar-refractivity contribution in [2.45, 2.75) is 13.0 Å². The van der Waals surface area contributed by atoms with E-state index >= 15 is 0 Å². The number of amides is 1. The first-order chi connectivity index (χ1) is 9.26. The minimum absolute atomic E-state index is 0.142. The first kappa shape index (κ1) is 14.0. The van der Waals surface area contributed by atoms with E-state index < -0.39 is 0 Å². The Morgan fingerprint density at radius 1 is 1.26 bits per heavy atom. The molecule has 1 aliphatic rings. The topological polar surface area (TPSA) is 61.6 Å². The van der Waals surface area contributed by atoms with Crippen LogP contribution < -0.4 is 11.3 Å². The third kappa shape index (κ3) is 3.32. The molecule has 0 aromatic heterocycles. The molecule has 0 aliphatic carbocycles. The minimum Gasteiger partial charge on any atom is -0.301 e. The van der Waals surface area contributed by atoms with Crippen LogP contribution in [0, 0.1) is 0 Å². The number of nitrogens with two attached hydrogens (primary N) is 1. The second-order valence-electron chi connectivity index (χ2n) is 4.79. The average Bonchev–Trinajstić information content (AvgIpc) is 2.49. The Bertz CT molecular complexity index is 401. The van der Waals surface area contributed by atoms with Gasteiger partial charge in [-0.2, -0.15) is 0 Å². The Balaban J connectivity index is 2.13. The van der Waals surface area contributed by atoms with Crippen LogP contribution in [0.1, 0.15) is 18.5 Å². The smallest absolute Gasteiger partial charge is 0.255 e. The summed E-state index contributed by atoms with van der Waals surface area (Å²) >= 11 is 0. The molecule has 0 spiro atoms. The maximum atomic E-state index is 12.1. The Kier molecular flexibility index (Phi) is 4.90. The molecule has 1 atom stereocenters. The highest BCUT2D eigenvalue weighted by atomic mass is 16.2. The first-order valence-electron chi connectivity index (χ1n) is 6.78. The molecule has 3 N–H and O–H groups in total. The third-order valence-electron chi connectivity index (χ3n) is 3.73. The fourth-order valence-corrected chi connectivity index (χ4v) is 2.58. The van der Waals surface area contributed by atoms with Gasteiger partial charge in [0.05, 0.1) is 0 Å². The molecule has 1 heterocycles. The molecule has 104 valence electrons. The van der Waals surface area contributed by atoms with Gasteiger partial charge in [-0.15, -0.1) is 0 Å². The second kappa shape index (κ2) is 6.65. The normalized spacial score (nSPS) is 19.1. The van der Waals surface area contributed by atoms with E-state index in [1.165, 1.54) is 0 Å². The number of benzene rings is 1. The van der Waals surface area contributed by atoms with E-state index in [0.29, 0.717) is 0 Å². The van der Waals surface area contributed by atoms with Crippen molar-refractivity contribution in [3.05, 3.63) is 35.9 Å². The molecular weight excluding hydrogens is 240 g/mol. The van der Waals surface area contributed by atoms with Crippen molar-refractivity contribution in [2.75, 3.05) is 32.7 Å². The summed E-state index contributed by atoms with van der Waals surface area (Å²) in [5.41, 5.74) is 3.29. The van der Waals surface area contributed by atoms with Crippen LogP contribution in [0.4, 0.5) is 0 Å². The number of hydrogen-bond acceptors (Lipinski definition) is 4. The summed E-state index contributed by atoms with van der Waals surface area (Å²) in [5.74, 6) is 5.19. The van der Waals surface area contributed by atoms with E-state index in [-0.39, 0.29) is 11.9 Å². The maximum absolute atomic E-state index is 12.1. The lowest BCUT2D eigenvalue weighted by Crippen LogP contribution is -2.51. The van der Waals surface area contributed by atoms with Gasteiger partial charge in [-0.1, -0.05) is 37.3 Å². The number of piperazine rings is 1. The SMILES string of the molecule is CCN1CCN(C(C(=O)NN)c2ccccc2)CC1. The fraction of sp³-hybridized carbons (Fsp3) is 0.500.